The normalized spacial score (nSPS) is 12.2. The average molecular weight is 425 g/mol. The molecule has 2 heterocycles. The molecule has 0 spiro atoms. The van der Waals surface area contributed by atoms with Gasteiger partial charge in [0.05, 0.1) is 16.4 Å². The standard InChI is InChI=1S/C17H25BrN6O2/c1-5-14(24-9-12(18)8-20-24)16(25)21-13-10-23(6-2)22-15(13)17(26)19-7-11(3)4/h8-11,14H,5-7H2,1-4H3,(H,19,26)(H,21,25). The van der Waals surface area contributed by atoms with Crippen molar-refractivity contribution in [2.75, 3.05) is 11.9 Å². The van der Waals surface area contributed by atoms with Gasteiger partial charge in [-0.3, -0.25) is 19.0 Å². The van der Waals surface area contributed by atoms with Crippen molar-refractivity contribution in [2.45, 2.75) is 46.7 Å². The number of nitrogens with zero attached hydrogens (tertiary/aromatic N) is 4. The molecule has 0 aliphatic rings. The number of hydrogen-bond donors (Lipinski definition) is 2. The van der Waals surface area contributed by atoms with Crippen LogP contribution in [0.1, 0.15) is 50.6 Å². The predicted molar refractivity (Wildman–Crippen MR) is 103 cm³/mol. The molecule has 2 aromatic heterocycles. The van der Waals surface area contributed by atoms with E-state index in [9.17, 15) is 9.59 Å². The van der Waals surface area contributed by atoms with Crippen LogP contribution in [0, 0.1) is 5.92 Å². The Kier molecular flexibility index (Phi) is 6.96. The molecule has 0 radical (unpaired) electrons. The lowest BCUT2D eigenvalue weighted by atomic mass is 10.2. The molecule has 8 nitrogen and oxygen atoms in total. The molecule has 0 aliphatic carbocycles. The zero-order valence-corrected chi connectivity index (χ0v) is 17.1. The molecule has 1 atom stereocenters. The van der Waals surface area contributed by atoms with E-state index in [1.54, 1.807) is 28.0 Å². The zero-order valence-electron chi connectivity index (χ0n) is 15.5. The van der Waals surface area contributed by atoms with Gasteiger partial charge in [0.25, 0.3) is 5.91 Å². The summed E-state index contributed by atoms with van der Waals surface area (Å²) >= 11 is 3.34. The minimum Gasteiger partial charge on any atom is -0.350 e. The highest BCUT2D eigenvalue weighted by molar-refractivity contribution is 9.10. The van der Waals surface area contributed by atoms with Crippen LogP contribution in [0.5, 0.6) is 0 Å². The molecule has 142 valence electrons. The molecule has 0 aliphatic heterocycles. The molecule has 2 aromatic rings. The van der Waals surface area contributed by atoms with E-state index in [1.165, 1.54) is 0 Å². The summed E-state index contributed by atoms with van der Waals surface area (Å²) in [6.45, 7) is 9.01. The van der Waals surface area contributed by atoms with Crippen LogP contribution >= 0.6 is 15.9 Å². The van der Waals surface area contributed by atoms with Crippen LogP contribution in [0.25, 0.3) is 0 Å². The first-order chi connectivity index (χ1) is 12.3. The second-order valence-electron chi connectivity index (χ2n) is 6.40. The molecule has 0 aromatic carbocycles. The molecular formula is C17H25BrN6O2. The minimum atomic E-state index is -0.474. The van der Waals surface area contributed by atoms with Gasteiger partial charge in [-0.1, -0.05) is 20.8 Å². The Morgan fingerprint density at radius 2 is 2.00 bits per heavy atom. The molecule has 0 bridgehead atoms. The van der Waals surface area contributed by atoms with Gasteiger partial charge in [0.1, 0.15) is 6.04 Å². The number of hydrogen-bond acceptors (Lipinski definition) is 4. The molecule has 1 unspecified atom stereocenters. The summed E-state index contributed by atoms with van der Waals surface area (Å²) in [5, 5.41) is 14.1. The summed E-state index contributed by atoms with van der Waals surface area (Å²) in [6.07, 6.45) is 5.62. The van der Waals surface area contributed by atoms with Gasteiger partial charge < -0.3 is 10.6 Å². The van der Waals surface area contributed by atoms with Crippen LogP contribution in [-0.4, -0.2) is 37.9 Å². The Labute approximate surface area is 161 Å². The van der Waals surface area contributed by atoms with Crippen LogP contribution in [0.4, 0.5) is 5.69 Å². The highest BCUT2D eigenvalue weighted by atomic mass is 79.9. The van der Waals surface area contributed by atoms with Gasteiger partial charge in [0, 0.05) is 25.5 Å². The summed E-state index contributed by atoms with van der Waals surface area (Å²) < 4.78 is 4.03. The molecule has 9 heteroatoms. The van der Waals surface area contributed by atoms with E-state index in [0.29, 0.717) is 31.1 Å². The highest BCUT2D eigenvalue weighted by Gasteiger charge is 2.24. The summed E-state index contributed by atoms with van der Waals surface area (Å²) in [5.74, 6) is -0.208. The fourth-order valence-corrected chi connectivity index (χ4v) is 2.72. The molecule has 2 N–H and O–H groups in total. The smallest absolute Gasteiger partial charge is 0.273 e. The second-order valence-corrected chi connectivity index (χ2v) is 7.32. The lowest BCUT2D eigenvalue weighted by molar-refractivity contribution is -0.119. The number of nitrogens with one attached hydrogen (secondary N) is 2. The van der Waals surface area contributed by atoms with Gasteiger partial charge in [-0.2, -0.15) is 10.2 Å². The van der Waals surface area contributed by atoms with Crippen molar-refractivity contribution in [3.63, 3.8) is 0 Å². The van der Waals surface area contributed by atoms with Gasteiger partial charge in [-0.25, -0.2) is 0 Å². The summed E-state index contributed by atoms with van der Waals surface area (Å²) in [5.41, 5.74) is 0.625. The van der Waals surface area contributed by atoms with Crippen molar-refractivity contribution >= 4 is 33.4 Å². The minimum absolute atomic E-state index is 0.220. The van der Waals surface area contributed by atoms with Gasteiger partial charge in [0.2, 0.25) is 5.91 Å². The van der Waals surface area contributed by atoms with Gasteiger partial charge in [-0.15, -0.1) is 0 Å². The maximum absolute atomic E-state index is 12.7. The molecule has 0 saturated carbocycles. The average Bonchev–Trinajstić information content (AvgIpc) is 3.19. The van der Waals surface area contributed by atoms with Crippen LogP contribution in [0.3, 0.4) is 0 Å². The fourth-order valence-electron chi connectivity index (χ4n) is 2.42. The van der Waals surface area contributed by atoms with Crippen LogP contribution in [-0.2, 0) is 11.3 Å². The summed E-state index contributed by atoms with van der Waals surface area (Å²) in [6, 6.07) is -0.474. The third-order valence-electron chi connectivity index (χ3n) is 3.81. The second kappa shape index (κ2) is 8.98. The van der Waals surface area contributed by atoms with E-state index < -0.39 is 6.04 Å². The maximum atomic E-state index is 12.7. The van der Waals surface area contributed by atoms with Crippen LogP contribution < -0.4 is 10.6 Å². The Bertz CT molecular complexity index is 767. The van der Waals surface area contributed by atoms with Crippen molar-refractivity contribution < 1.29 is 9.59 Å². The van der Waals surface area contributed by atoms with E-state index in [-0.39, 0.29) is 17.5 Å². The quantitative estimate of drug-likeness (QED) is 0.680. The highest BCUT2D eigenvalue weighted by Crippen LogP contribution is 2.20. The molecule has 26 heavy (non-hydrogen) atoms. The first kappa shape index (κ1) is 20.2. The Balaban J connectivity index is 2.20. The van der Waals surface area contributed by atoms with Crippen molar-refractivity contribution in [3.05, 3.63) is 28.8 Å². The third-order valence-corrected chi connectivity index (χ3v) is 4.22. The molecule has 2 rings (SSSR count). The van der Waals surface area contributed by atoms with E-state index >= 15 is 0 Å². The van der Waals surface area contributed by atoms with Crippen molar-refractivity contribution in [2.24, 2.45) is 5.92 Å². The van der Waals surface area contributed by atoms with Crippen molar-refractivity contribution in [1.29, 1.82) is 0 Å². The molecule has 0 saturated heterocycles. The first-order valence-corrected chi connectivity index (χ1v) is 9.51. The van der Waals surface area contributed by atoms with E-state index in [2.05, 4.69) is 36.8 Å². The fraction of sp³-hybridized carbons (Fsp3) is 0.529. The van der Waals surface area contributed by atoms with Gasteiger partial charge >= 0.3 is 0 Å². The van der Waals surface area contributed by atoms with E-state index in [4.69, 9.17) is 0 Å². The van der Waals surface area contributed by atoms with E-state index in [0.717, 1.165) is 4.47 Å². The first-order valence-electron chi connectivity index (χ1n) is 8.71. The Morgan fingerprint density at radius 3 is 2.54 bits per heavy atom. The van der Waals surface area contributed by atoms with Gasteiger partial charge in [-0.05, 0) is 35.2 Å². The third kappa shape index (κ3) is 4.94. The number of aromatic nitrogens is 4. The number of rotatable bonds is 8. The molecule has 0 fully saturated rings. The number of halogens is 1. The van der Waals surface area contributed by atoms with E-state index in [1.807, 2.05) is 27.7 Å². The Hall–Kier alpha value is -2.16. The monoisotopic (exact) mass is 424 g/mol. The number of anilines is 1. The lowest BCUT2D eigenvalue weighted by Crippen LogP contribution is -2.30. The topological polar surface area (TPSA) is 93.8 Å². The van der Waals surface area contributed by atoms with Crippen molar-refractivity contribution in [1.82, 2.24) is 24.9 Å². The summed E-state index contributed by atoms with van der Waals surface area (Å²) in [7, 11) is 0. The number of carbonyl (C=O) groups is 2. The number of aryl methyl sites for hydroxylation is 1. The number of carbonyl (C=O) groups excluding carboxylic acids is 2. The lowest BCUT2D eigenvalue weighted by Gasteiger charge is -2.15. The molecule has 2 amide bonds. The SMILES string of the molecule is CCC(C(=O)Nc1cn(CC)nc1C(=O)NCC(C)C)n1cc(Br)cn1. The van der Waals surface area contributed by atoms with Crippen molar-refractivity contribution in [3.8, 4) is 0 Å². The zero-order chi connectivity index (χ0) is 19.3. The van der Waals surface area contributed by atoms with Gasteiger partial charge in [0.15, 0.2) is 5.69 Å². The largest absolute Gasteiger partial charge is 0.350 e. The maximum Gasteiger partial charge on any atom is 0.273 e. The Morgan fingerprint density at radius 1 is 1.27 bits per heavy atom. The summed E-state index contributed by atoms with van der Waals surface area (Å²) in [4.78, 5) is 25.2. The van der Waals surface area contributed by atoms with Crippen LogP contribution in [0.15, 0.2) is 23.1 Å². The molecular weight excluding hydrogens is 400 g/mol. The van der Waals surface area contributed by atoms with Crippen LogP contribution in [0.2, 0.25) is 0 Å². The number of amides is 2. The predicted octanol–water partition coefficient (Wildman–Crippen LogP) is 2.84.